The number of rotatable bonds is 5. The predicted octanol–water partition coefficient (Wildman–Crippen LogP) is 3.12. The van der Waals surface area contributed by atoms with Gasteiger partial charge in [0.15, 0.2) is 5.96 Å². The predicted molar refractivity (Wildman–Crippen MR) is 90.9 cm³/mol. The fraction of sp³-hybridized carbons (Fsp3) is 0.500. The molecule has 0 saturated heterocycles. The Kier molecular flexibility index (Phi) is 5.85. The topological polar surface area (TPSA) is 36.4 Å². The third-order valence-electron chi connectivity index (χ3n) is 3.64. The average molecular weight is 285 g/mol. The molecule has 0 heterocycles. The van der Waals surface area contributed by atoms with Crippen LogP contribution in [0, 0.1) is 13.8 Å². The second kappa shape index (κ2) is 7.87. The normalized spacial score (nSPS) is 15.5. The number of hydrogen-bond donors (Lipinski definition) is 2. The lowest BCUT2D eigenvalue weighted by Gasteiger charge is -2.16. The van der Waals surface area contributed by atoms with Crippen molar-refractivity contribution in [2.75, 3.05) is 13.1 Å². The molecule has 114 valence electrons. The molecule has 0 atom stereocenters. The minimum atomic E-state index is 0.504. The molecule has 0 fully saturated rings. The van der Waals surface area contributed by atoms with Gasteiger partial charge in [0.25, 0.3) is 0 Å². The van der Waals surface area contributed by atoms with Gasteiger partial charge in [0.1, 0.15) is 0 Å². The van der Waals surface area contributed by atoms with Gasteiger partial charge in [-0.05, 0) is 45.6 Å². The van der Waals surface area contributed by atoms with Crippen molar-refractivity contribution >= 4 is 5.96 Å². The first-order valence-corrected chi connectivity index (χ1v) is 7.94. The molecule has 0 amide bonds. The lowest BCUT2D eigenvalue weighted by molar-refractivity contribution is 0.633. The number of benzene rings is 1. The zero-order valence-electron chi connectivity index (χ0n) is 13.4. The standard InChI is InChI=1S/C18H27N3/c1-4-19-18(21-17-7-5-6-8-17)20-10-9-16-12-14(2)11-15(3)13-16/h5-6,11-13,17H,4,7-10H2,1-3H3,(H2,19,20,21). The van der Waals surface area contributed by atoms with Gasteiger partial charge >= 0.3 is 0 Å². The number of nitrogens with zero attached hydrogens (tertiary/aromatic N) is 1. The molecule has 1 aromatic rings. The Labute approximate surface area is 128 Å². The summed E-state index contributed by atoms with van der Waals surface area (Å²) in [5, 5.41) is 6.83. The number of guanidine groups is 1. The molecule has 0 unspecified atom stereocenters. The van der Waals surface area contributed by atoms with Gasteiger partial charge < -0.3 is 10.6 Å². The van der Waals surface area contributed by atoms with Crippen molar-refractivity contribution in [3.63, 3.8) is 0 Å². The minimum Gasteiger partial charge on any atom is -0.357 e. The summed E-state index contributed by atoms with van der Waals surface area (Å²) >= 11 is 0. The van der Waals surface area contributed by atoms with Crippen LogP contribution in [0.25, 0.3) is 0 Å². The Morgan fingerprint density at radius 2 is 1.81 bits per heavy atom. The molecule has 2 rings (SSSR count). The Morgan fingerprint density at radius 1 is 1.14 bits per heavy atom. The van der Waals surface area contributed by atoms with Gasteiger partial charge in [0.2, 0.25) is 0 Å². The van der Waals surface area contributed by atoms with E-state index in [1.807, 2.05) is 0 Å². The first-order valence-electron chi connectivity index (χ1n) is 7.94. The molecule has 0 aromatic heterocycles. The highest BCUT2D eigenvalue weighted by atomic mass is 15.2. The monoisotopic (exact) mass is 285 g/mol. The van der Waals surface area contributed by atoms with Crippen molar-refractivity contribution in [2.24, 2.45) is 4.99 Å². The molecular formula is C18H27N3. The largest absolute Gasteiger partial charge is 0.357 e. The van der Waals surface area contributed by atoms with E-state index in [2.05, 4.69) is 61.8 Å². The van der Waals surface area contributed by atoms with Gasteiger partial charge in [-0.1, -0.05) is 41.5 Å². The molecule has 1 aliphatic rings. The first kappa shape index (κ1) is 15.6. The lowest BCUT2D eigenvalue weighted by atomic mass is 10.1. The maximum atomic E-state index is 4.70. The van der Waals surface area contributed by atoms with Crippen LogP contribution in [0.2, 0.25) is 0 Å². The van der Waals surface area contributed by atoms with Crippen LogP contribution in [0.4, 0.5) is 0 Å². The summed E-state index contributed by atoms with van der Waals surface area (Å²) in [6.07, 6.45) is 7.65. The van der Waals surface area contributed by atoms with Crippen molar-refractivity contribution in [3.8, 4) is 0 Å². The molecule has 0 saturated carbocycles. The summed E-state index contributed by atoms with van der Waals surface area (Å²) in [6.45, 7) is 8.12. The van der Waals surface area contributed by atoms with Crippen LogP contribution in [-0.2, 0) is 6.42 Å². The number of aliphatic imine (C=N–C) groups is 1. The Bertz CT molecular complexity index is 489. The minimum absolute atomic E-state index is 0.504. The molecular weight excluding hydrogens is 258 g/mol. The maximum Gasteiger partial charge on any atom is 0.191 e. The number of aryl methyl sites for hydroxylation is 2. The van der Waals surface area contributed by atoms with E-state index in [0.717, 1.165) is 38.3 Å². The van der Waals surface area contributed by atoms with Crippen LogP contribution in [-0.4, -0.2) is 25.1 Å². The molecule has 0 aliphatic heterocycles. The zero-order chi connectivity index (χ0) is 15.1. The average Bonchev–Trinajstić information content (AvgIpc) is 2.90. The SMILES string of the molecule is CCNC(=NCCc1cc(C)cc(C)c1)NC1CC=CC1. The molecule has 0 radical (unpaired) electrons. The van der Waals surface area contributed by atoms with E-state index in [-0.39, 0.29) is 0 Å². The van der Waals surface area contributed by atoms with Crippen LogP contribution in [0.15, 0.2) is 35.3 Å². The second-order valence-corrected chi connectivity index (χ2v) is 5.79. The van der Waals surface area contributed by atoms with E-state index >= 15 is 0 Å². The van der Waals surface area contributed by atoms with Crippen LogP contribution >= 0.6 is 0 Å². The third kappa shape index (κ3) is 5.25. The quantitative estimate of drug-likeness (QED) is 0.495. The van der Waals surface area contributed by atoms with E-state index in [1.165, 1.54) is 16.7 Å². The van der Waals surface area contributed by atoms with Crippen molar-refractivity contribution in [1.29, 1.82) is 0 Å². The highest BCUT2D eigenvalue weighted by molar-refractivity contribution is 5.80. The fourth-order valence-corrected chi connectivity index (χ4v) is 2.76. The third-order valence-corrected chi connectivity index (χ3v) is 3.64. The summed E-state index contributed by atoms with van der Waals surface area (Å²) in [5.74, 6) is 0.940. The molecule has 2 N–H and O–H groups in total. The van der Waals surface area contributed by atoms with Crippen molar-refractivity contribution in [3.05, 3.63) is 47.0 Å². The first-order chi connectivity index (χ1) is 10.2. The van der Waals surface area contributed by atoms with Gasteiger partial charge in [0.05, 0.1) is 0 Å². The number of nitrogens with one attached hydrogen (secondary N) is 2. The van der Waals surface area contributed by atoms with Crippen molar-refractivity contribution in [1.82, 2.24) is 10.6 Å². The van der Waals surface area contributed by atoms with Gasteiger partial charge in [0, 0.05) is 19.1 Å². The van der Waals surface area contributed by atoms with Gasteiger partial charge in [-0.25, -0.2) is 0 Å². The molecule has 3 nitrogen and oxygen atoms in total. The van der Waals surface area contributed by atoms with Crippen LogP contribution in [0.1, 0.15) is 36.5 Å². The summed E-state index contributed by atoms with van der Waals surface area (Å²) in [7, 11) is 0. The van der Waals surface area contributed by atoms with E-state index in [0.29, 0.717) is 6.04 Å². The van der Waals surface area contributed by atoms with Gasteiger partial charge in [-0.3, -0.25) is 4.99 Å². The summed E-state index contributed by atoms with van der Waals surface area (Å²) in [6, 6.07) is 7.22. The van der Waals surface area contributed by atoms with E-state index < -0.39 is 0 Å². The highest BCUT2D eigenvalue weighted by Gasteiger charge is 2.11. The van der Waals surface area contributed by atoms with Crippen molar-refractivity contribution < 1.29 is 0 Å². The Morgan fingerprint density at radius 3 is 2.43 bits per heavy atom. The zero-order valence-corrected chi connectivity index (χ0v) is 13.4. The van der Waals surface area contributed by atoms with Gasteiger partial charge in [-0.2, -0.15) is 0 Å². The van der Waals surface area contributed by atoms with E-state index in [1.54, 1.807) is 0 Å². The van der Waals surface area contributed by atoms with Crippen LogP contribution in [0.5, 0.6) is 0 Å². The Hall–Kier alpha value is -1.77. The van der Waals surface area contributed by atoms with E-state index in [9.17, 15) is 0 Å². The smallest absolute Gasteiger partial charge is 0.191 e. The van der Waals surface area contributed by atoms with E-state index in [4.69, 9.17) is 4.99 Å². The lowest BCUT2D eigenvalue weighted by Crippen LogP contribution is -2.42. The molecule has 0 bridgehead atoms. The van der Waals surface area contributed by atoms with Crippen LogP contribution < -0.4 is 10.6 Å². The molecule has 21 heavy (non-hydrogen) atoms. The fourth-order valence-electron chi connectivity index (χ4n) is 2.76. The Balaban J connectivity index is 1.89. The highest BCUT2D eigenvalue weighted by Crippen LogP contribution is 2.10. The molecule has 1 aromatic carbocycles. The van der Waals surface area contributed by atoms with Crippen LogP contribution in [0.3, 0.4) is 0 Å². The van der Waals surface area contributed by atoms with Gasteiger partial charge in [-0.15, -0.1) is 0 Å². The summed E-state index contributed by atoms with van der Waals surface area (Å²) in [4.78, 5) is 4.70. The molecule has 1 aliphatic carbocycles. The summed E-state index contributed by atoms with van der Waals surface area (Å²) in [5.41, 5.74) is 4.03. The molecule has 3 heteroatoms. The second-order valence-electron chi connectivity index (χ2n) is 5.79. The maximum absolute atomic E-state index is 4.70. The molecule has 0 spiro atoms. The van der Waals surface area contributed by atoms with Crippen molar-refractivity contribution in [2.45, 2.75) is 46.1 Å². The number of hydrogen-bond acceptors (Lipinski definition) is 1. The summed E-state index contributed by atoms with van der Waals surface area (Å²) < 4.78 is 0.